The highest BCUT2D eigenvalue weighted by Gasteiger charge is 2.24. The third-order valence-corrected chi connectivity index (χ3v) is 8.20. The van der Waals surface area contributed by atoms with Crippen LogP contribution in [0, 0.1) is 11.7 Å². The molecule has 0 atom stereocenters. The van der Waals surface area contributed by atoms with Crippen molar-refractivity contribution in [3.63, 3.8) is 0 Å². The van der Waals surface area contributed by atoms with Crippen LogP contribution in [0.1, 0.15) is 55.5 Å². The van der Waals surface area contributed by atoms with Crippen molar-refractivity contribution in [2.75, 3.05) is 11.9 Å². The van der Waals surface area contributed by atoms with Gasteiger partial charge in [-0.1, -0.05) is 36.8 Å². The Morgan fingerprint density at radius 1 is 1.00 bits per heavy atom. The zero-order chi connectivity index (χ0) is 25.5. The molecule has 1 N–H and O–H groups in total. The van der Waals surface area contributed by atoms with Gasteiger partial charge in [0.25, 0.3) is 5.56 Å². The smallest absolute Gasteiger partial charge is 0.333 e. The Morgan fingerprint density at radius 2 is 1.73 bits per heavy atom. The number of anilines is 1. The Kier molecular flexibility index (Phi) is 6.18. The average Bonchev–Trinajstić information content (AvgIpc) is 3.25. The van der Waals surface area contributed by atoms with Crippen LogP contribution >= 0.6 is 0 Å². The van der Waals surface area contributed by atoms with Crippen LogP contribution in [0.15, 0.2) is 58.1 Å². The van der Waals surface area contributed by atoms with E-state index in [1.54, 1.807) is 22.8 Å². The van der Waals surface area contributed by atoms with E-state index in [4.69, 9.17) is 4.98 Å². The fourth-order valence-electron chi connectivity index (χ4n) is 5.36. The van der Waals surface area contributed by atoms with Crippen molar-refractivity contribution >= 4 is 16.9 Å². The maximum atomic E-state index is 14.4. The third kappa shape index (κ3) is 4.49. The van der Waals surface area contributed by atoms with Gasteiger partial charge in [0.2, 0.25) is 0 Å². The van der Waals surface area contributed by atoms with Crippen LogP contribution in [0.2, 0.25) is 0 Å². The number of aromatic amines is 1. The van der Waals surface area contributed by atoms with Crippen LogP contribution in [0.3, 0.4) is 0 Å². The lowest BCUT2D eigenvalue weighted by atomic mass is 9.85. The number of hydrogen-bond acceptors (Lipinski definition) is 4. The molecule has 4 aromatic rings. The topological polar surface area (TPSA) is 75.9 Å². The summed E-state index contributed by atoms with van der Waals surface area (Å²) in [5.41, 5.74) is 2.36. The second-order valence-electron chi connectivity index (χ2n) is 10.6. The molecule has 7 nitrogen and oxygen atoms in total. The van der Waals surface area contributed by atoms with Gasteiger partial charge in [0.1, 0.15) is 17.2 Å². The molecule has 0 unspecified atom stereocenters. The molecule has 0 radical (unpaired) electrons. The third-order valence-electron chi connectivity index (χ3n) is 8.20. The van der Waals surface area contributed by atoms with E-state index in [2.05, 4.69) is 41.2 Å². The fourth-order valence-corrected chi connectivity index (χ4v) is 5.36. The van der Waals surface area contributed by atoms with E-state index in [1.165, 1.54) is 31.0 Å². The maximum Gasteiger partial charge on any atom is 0.333 e. The highest BCUT2D eigenvalue weighted by atomic mass is 19.1. The molecule has 2 heterocycles. The molecule has 2 aliphatic carbocycles. The molecular weight excluding hydrogens is 469 g/mol. The molecule has 2 saturated carbocycles. The monoisotopic (exact) mass is 501 g/mol. The molecule has 192 valence electrons. The molecule has 0 aliphatic heterocycles. The molecule has 2 aromatic heterocycles. The highest BCUT2D eigenvalue weighted by molar-refractivity contribution is 5.70. The number of halogens is 1. The van der Waals surface area contributed by atoms with Crippen molar-refractivity contribution in [2.24, 2.45) is 5.92 Å². The second-order valence-corrected chi connectivity index (χ2v) is 10.6. The summed E-state index contributed by atoms with van der Waals surface area (Å²) in [5, 5.41) is 0. The minimum Gasteiger partial charge on any atom is -0.372 e. The van der Waals surface area contributed by atoms with E-state index in [9.17, 15) is 14.0 Å². The van der Waals surface area contributed by atoms with Crippen LogP contribution in [0.5, 0.6) is 0 Å². The summed E-state index contributed by atoms with van der Waals surface area (Å²) in [6, 6.07) is 15.3. The predicted octanol–water partition coefficient (Wildman–Crippen LogP) is 4.45. The lowest BCUT2D eigenvalue weighted by Gasteiger charge is -2.36. The molecule has 2 aliphatic rings. The molecule has 0 amide bonds. The van der Waals surface area contributed by atoms with Crippen LogP contribution in [-0.4, -0.2) is 32.2 Å². The molecule has 8 heteroatoms. The van der Waals surface area contributed by atoms with E-state index in [-0.39, 0.29) is 6.54 Å². The number of aromatic nitrogens is 4. The number of nitrogens with zero attached hydrogens (tertiary/aromatic N) is 4. The average molecular weight is 502 g/mol. The first-order chi connectivity index (χ1) is 18.0. The molecule has 0 bridgehead atoms. The van der Waals surface area contributed by atoms with Gasteiger partial charge in [-0.3, -0.25) is 13.9 Å². The van der Waals surface area contributed by atoms with Crippen molar-refractivity contribution in [3.8, 4) is 0 Å². The first-order valence-electron chi connectivity index (χ1n) is 13.3. The maximum absolute atomic E-state index is 14.4. The Hall–Kier alpha value is -3.68. The summed E-state index contributed by atoms with van der Waals surface area (Å²) in [5.74, 6) is 0.592. The zero-order valence-electron chi connectivity index (χ0n) is 21.1. The summed E-state index contributed by atoms with van der Waals surface area (Å²) < 4.78 is 17.1. The minimum absolute atomic E-state index is 0.116. The summed E-state index contributed by atoms with van der Waals surface area (Å²) in [7, 11) is 2.14. The molecular formula is C29H32FN5O2. The molecule has 0 spiro atoms. The fraction of sp³-hybridized carbons (Fsp3) is 0.414. The Labute approximate surface area is 214 Å². The first kappa shape index (κ1) is 23.7. The number of H-pyrrole nitrogens is 1. The summed E-state index contributed by atoms with van der Waals surface area (Å²) >= 11 is 0. The quantitative estimate of drug-likeness (QED) is 0.387. The van der Waals surface area contributed by atoms with Gasteiger partial charge < -0.3 is 9.88 Å². The number of hydrogen-bond donors (Lipinski definition) is 1. The van der Waals surface area contributed by atoms with E-state index in [0.717, 1.165) is 29.4 Å². The van der Waals surface area contributed by atoms with Gasteiger partial charge in [-0.15, -0.1) is 0 Å². The number of benzene rings is 2. The van der Waals surface area contributed by atoms with E-state index < -0.39 is 17.1 Å². The van der Waals surface area contributed by atoms with Crippen molar-refractivity contribution in [2.45, 2.75) is 64.1 Å². The van der Waals surface area contributed by atoms with Gasteiger partial charge in [-0.05, 0) is 61.8 Å². The largest absolute Gasteiger partial charge is 0.372 e. The summed E-state index contributed by atoms with van der Waals surface area (Å²) in [4.78, 5) is 37.2. The number of rotatable bonds is 8. The number of nitrogens with one attached hydrogen (secondary N) is 1. The molecule has 2 aromatic carbocycles. The minimum atomic E-state index is -0.468. The normalized spacial score (nSPS) is 16.1. The Balaban J connectivity index is 1.35. The van der Waals surface area contributed by atoms with Gasteiger partial charge in [0, 0.05) is 37.3 Å². The highest BCUT2D eigenvalue weighted by Crippen LogP contribution is 2.29. The molecule has 2 fully saturated rings. The van der Waals surface area contributed by atoms with Crippen molar-refractivity contribution in [1.82, 2.24) is 19.1 Å². The first-order valence-corrected chi connectivity index (χ1v) is 13.3. The van der Waals surface area contributed by atoms with Crippen molar-refractivity contribution in [1.29, 1.82) is 0 Å². The second kappa shape index (κ2) is 9.65. The van der Waals surface area contributed by atoms with Gasteiger partial charge in [0.05, 0.1) is 6.54 Å². The van der Waals surface area contributed by atoms with Gasteiger partial charge in [-0.25, -0.2) is 14.2 Å². The van der Waals surface area contributed by atoms with Crippen LogP contribution < -0.4 is 16.1 Å². The van der Waals surface area contributed by atoms with Gasteiger partial charge in [0.15, 0.2) is 5.65 Å². The molecule has 37 heavy (non-hydrogen) atoms. The van der Waals surface area contributed by atoms with E-state index in [0.29, 0.717) is 47.5 Å². The van der Waals surface area contributed by atoms with Crippen LogP contribution in [0.25, 0.3) is 11.2 Å². The standard InChI is InChI=1S/C29H32FN5O2/c1-33(22-9-5-10-22)23-14-12-19(13-15-23)16-25-31-26-27(32-25)34(17-20-6-4-7-20)29(37)35(28(26)36)18-21-8-2-3-11-24(21)30/h2-3,8,11-15,20,22H,4-7,9-10,16-18H2,1H3,(H,31,32). The zero-order valence-corrected chi connectivity index (χ0v) is 21.1. The Morgan fingerprint density at radius 3 is 2.38 bits per heavy atom. The van der Waals surface area contributed by atoms with E-state index in [1.807, 2.05) is 0 Å². The van der Waals surface area contributed by atoms with E-state index >= 15 is 0 Å². The number of imidazole rings is 1. The molecule has 0 saturated heterocycles. The van der Waals surface area contributed by atoms with Gasteiger partial charge in [-0.2, -0.15) is 0 Å². The van der Waals surface area contributed by atoms with Crippen LogP contribution in [0.4, 0.5) is 10.1 Å². The van der Waals surface area contributed by atoms with Crippen molar-refractivity contribution < 1.29 is 4.39 Å². The van der Waals surface area contributed by atoms with Crippen LogP contribution in [-0.2, 0) is 19.5 Å². The predicted molar refractivity (Wildman–Crippen MR) is 143 cm³/mol. The molecule has 6 rings (SSSR count). The van der Waals surface area contributed by atoms with Crippen molar-refractivity contribution in [3.05, 3.63) is 92.1 Å². The van der Waals surface area contributed by atoms with Gasteiger partial charge >= 0.3 is 5.69 Å². The summed E-state index contributed by atoms with van der Waals surface area (Å²) in [6.07, 6.45) is 7.57. The number of fused-ring (bicyclic) bond motifs is 1. The lowest BCUT2D eigenvalue weighted by Crippen LogP contribution is -2.42. The summed E-state index contributed by atoms with van der Waals surface area (Å²) in [6.45, 7) is 0.397. The Bertz CT molecular complexity index is 1540. The lowest BCUT2D eigenvalue weighted by molar-refractivity contribution is 0.273. The SMILES string of the molecule is CN(c1ccc(Cc2nc3c([nH]2)c(=O)n(Cc2ccccc2F)c(=O)n3CC2CCC2)cc1)C1CCC1.